The fraction of sp³-hybridized carbons (Fsp3) is 0.381. The van der Waals surface area contributed by atoms with Crippen molar-refractivity contribution in [2.75, 3.05) is 50.2 Å². The SMILES string of the molecule is CN1CCc2c(sc3ncnc(N/N=C/c4ccc(N5CCOCC5)cc4)c23)C1. The summed E-state index contributed by atoms with van der Waals surface area (Å²) >= 11 is 1.76. The third-order valence-electron chi connectivity index (χ3n) is 5.48. The van der Waals surface area contributed by atoms with Crippen molar-refractivity contribution in [3.8, 4) is 0 Å². The van der Waals surface area contributed by atoms with Gasteiger partial charge in [-0.25, -0.2) is 9.97 Å². The molecule has 2 aliphatic rings. The van der Waals surface area contributed by atoms with Crippen molar-refractivity contribution in [2.24, 2.45) is 5.10 Å². The minimum Gasteiger partial charge on any atom is -0.378 e. The molecule has 1 saturated heterocycles. The van der Waals surface area contributed by atoms with E-state index in [1.54, 1.807) is 17.7 Å². The molecule has 4 heterocycles. The highest BCUT2D eigenvalue weighted by atomic mass is 32.1. The molecule has 0 radical (unpaired) electrons. The molecule has 2 aromatic heterocycles. The van der Waals surface area contributed by atoms with Crippen LogP contribution in [0.4, 0.5) is 11.5 Å². The Balaban J connectivity index is 1.32. The zero-order chi connectivity index (χ0) is 19.6. The molecule has 0 spiro atoms. The first kappa shape index (κ1) is 18.5. The number of ether oxygens (including phenoxy) is 1. The van der Waals surface area contributed by atoms with Gasteiger partial charge in [0, 0.05) is 36.7 Å². The van der Waals surface area contributed by atoms with Crippen molar-refractivity contribution < 1.29 is 4.74 Å². The van der Waals surface area contributed by atoms with Crippen molar-refractivity contribution >= 4 is 39.3 Å². The van der Waals surface area contributed by atoms with Gasteiger partial charge in [0.05, 0.1) is 24.8 Å². The number of benzene rings is 1. The highest BCUT2D eigenvalue weighted by molar-refractivity contribution is 7.18. The molecule has 0 bridgehead atoms. The molecule has 0 aliphatic carbocycles. The van der Waals surface area contributed by atoms with E-state index in [9.17, 15) is 0 Å². The number of thiophene rings is 1. The number of hydrogen-bond donors (Lipinski definition) is 1. The second-order valence-corrected chi connectivity index (χ2v) is 8.54. The highest BCUT2D eigenvalue weighted by Gasteiger charge is 2.21. The number of rotatable bonds is 4. The van der Waals surface area contributed by atoms with E-state index < -0.39 is 0 Å². The van der Waals surface area contributed by atoms with Crippen molar-refractivity contribution in [1.82, 2.24) is 14.9 Å². The lowest BCUT2D eigenvalue weighted by Gasteiger charge is -2.28. The smallest absolute Gasteiger partial charge is 0.158 e. The lowest BCUT2D eigenvalue weighted by molar-refractivity contribution is 0.122. The summed E-state index contributed by atoms with van der Waals surface area (Å²) in [6.45, 7) is 5.52. The Morgan fingerprint density at radius 1 is 1.14 bits per heavy atom. The number of aromatic nitrogens is 2. The molecule has 1 N–H and O–H groups in total. The predicted molar refractivity (Wildman–Crippen MR) is 118 cm³/mol. The Bertz CT molecular complexity index is 1030. The normalized spacial score (nSPS) is 17.8. The van der Waals surface area contributed by atoms with Gasteiger partial charge in [-0.05, 0) is 36.7 Å². The Hall–Kier alpha value is -2.55. The van der Waals surface area contributed by atoms with Crippen molar-refractivity contribution in [2.45, 2.75) is 13.0 Å². The van der Waals surface area contributed by atoms with E-state index in [1.165, 1.54) is 16.1 Å². The zero-order valence-corrected chi connectivity index (χ0v) is 17.3. The lowest BCUT2D eigenvalue weighted by Crippen LogP contribution is -2.36. The fourth-order valence-electron chi connectivity index (χ4n) is 3.90. The zero-order valence-electron chi connectivity index (χ0n) is 16.5. The summed E-state index contributed by atoms with van der Waals surface area (Å²) in [7, 11) is 2.16. The van der Waals surface area contributed by atoms with Crippen LogP contribution >= 0.6 is 11.3 Å². The predicted octanol–water partition coefficient (Wildman–Crippen LogP) is 2.96. The third-order valence-corrected chi connectivity index (χ3v) is 6.61. The van der Waals surface area contributed by atoms with Crippen LogP contribution in [0.1, 0.15) is 16.0 Å². The lowest BCUT2D eigenvalue weighted by atomic mass is 10.1. The van der Waals surface area contributed by atoms with Gasteiger partial charge in [-0.2, -0.15) is 5.10 Å². The Morgan fingerprint density at radius 3 is 2.79 bits per heavy atom. The molecular formula is C21H24N6OS. The molecule has 150 valence electrons. The number of hydrazone groups is 1. The number of anilines is 2. The molecular weight excluding hydrogens is 384 g/mol. The largest absolute Gasteiger partial charge is 0.378 e. The average molecular weight is 409 g/mol. The average Bonchev–Trinajstić information content (AvgIpc) is 3.13. The van der Waals surface area contributed by atoms with Crippen LogP contribution in [-0.2, 0) is 17.7 Å². The van der Waals surface area contributed by atoms with Crippen LogP contribution in [-0.4, -0.2) is 61.0 Å². The summed E-state index contributed by atoms with van der Waals surface area (Å²) in [5.74, 6) is 0.790. The molecule has 1 fully saturated rings. The van der Waals surface area contributed by atoms with E-state index in [2.05, 4.69) is 61.6 Å². The molecule has 3 aromatic rings. The van der Waals surface area contributed by atoms with Gasteiger partial charge in [-0.1, -0.05) is 12.1 Å². The van der Waals surface area contributed by atoms with Gasteiger partial charge >= 0.3 is 0 Å². The second kappa shape index (κ2) is 8.06. The quantitative estimate of drug-likeness (QED) is 0.529. The topological polar surface area (TPSA) is 65.9 Å². The van der Waals surface area contributed by atoms with Crippen molar-refractivity contribution in [3.05, 3.63) is 46.6 Å². The fourth-order valence-corrected chi connectivity index (χ4v) is 5.17. The first-order chi connectivity index (χ1) is 14.3. The van der Waals surface area contributed by atoms with Crippen LogP contribution in [0.25, 0.3) is 10.2 Å². The standard InChI is InChI=1S/C21H24N6OS/c1-26-7-6-17-18(13-26)29-21-19(17)20(22-14-23-21)25-24-12-15-2-4-16(5-3-15)27-8-10-28-11-9-27/h2-5,12,14H,6-11,13H2,1H3,(H,22,23,25)/b24-12+. The molecule has 0 atom stereocenters. The number of nitrogens with one attached hydrogen (secondary N) is 1. The van der Waals surface area contributed by atoms with E-state index in [0.29, 0.717) is 0 Å². The van der Waals surface area contributed by atoms with Crippen LogP contribution in [0, 0.1) is 0 Å². The molecule has 7 nitrogen and oxygen atoms in total. The molecule has 29 heavy (non-hydrogen) atoms. The Kier molecular flexibility index (Phi) is 5.13. The Labute approximate surface area is 174 Å². The van der Waals surface area contributed by atoms with Gasteiger partial charge in [0.25, 0.3) is 0 Å². The minimum absolute atomic E-state index is 0.790. The number of nitrogens with zero attached hydrogens (tertiary/aromatic N) is 5. The van der Waals surface area contributed by atoms with Crippen LogP contribution in [0.5, 0.6) is 0 Å². The first-order valence-electron chi connectivity index (χ1n) is 9.93. The summed E-state index contributed by atoms with van der Waals surface area (Å²) in [6, 6.07) is 8.46. The number of morpholine rings is 1. The summed E-state index contributed by atoms with van der Waals surface area (Å²) in [5, 5.41) is 5.57. The maximum Gasteiger partial charge on any atom is 0.158 e. The molecule has 5 rings (SSSR count). The summed E-state index contributed by atoms with van der Waals surface area (Å²) < 4.78 is 5.42. The van der Waals surface area contributed by atoms with Gasteiger partial charge in [0.2, 0.25) is 0 Å². The highest BCUT2D eigenvalue weighted by Crippen LogP contribution is 2.36. The second-order valence-electron chi connectivity index (χ2n) is 7.45. The van der Waals surface area contributed by atoms with Gasteiger partial charge in [-0.3, -0.25) is 5.43 Å². The molecule has 0 saturated carbocycles. The molecule has 0 amide bonds. The molecule has 8 heteroatoms. The van der Waals surface area contributed by atoms with Crippen molar-refractivity contribution in [1.29, 1.82) is 0 Å². The van der Waals surface area contributed by atoms with Crippen molar-refractivity contribution in [3.63, 3.8) is 0 Å². The Morgan fingerprint density at radius 2 is 1.97 bits per heavy atom. The first-order valence-corrected chi connectivity index (χ1v) is 10.8. The third kappa shape index (κ3) is 3.83. The molecule has 0 unspecified atom stereocenters. The summed E-state index contributed by atoms with van der Waals surface area (Å²) in [5.41, 5.74) is 6.79. The molecule has 1 aromatic carbocycles. The maximum atomic E-state index is 5.42. The maximum absolute atomic E-state index is 5.42. The number of hydrogen-bond acceptors (Lipinski definition) is 8. The van der Waals surface area contributed by atoms with Crippen LogP contribution in [0.3, 0.4) is 0 Å². The van der Waals surface area contributed by atoms with E-state index >= 15 is 0 Å². The molecule has 2 aliphatic heterocycles. The van der Waals surface area contributed by atoms with Gasteiger partial charge in [0.1, 0.15) is 11.2 Å². The number of likely N-dealkylation sites (N-methyl/N-ethyl adjacent to an activating group) is 1. The van der Waals surface area contributed by atoms with E-state index in [-0.39, 0.29) is 0 Å². The minimum atomic E-state index is 0.790. The van der Waals surface area contributed by atoms with Crippen LogP contribution in [0.15, 0.2) is 35.7 Å². The van der Waals surface area contributed by atoms with Gasteiger partial charge in [-0.15, -0.1) is 11.3 Å². The van der Waals surface area contributed by atoms with E-state index in [0.717, 1.165) is 67.4 Å². The van der Waals surface area contributed by atoms with Crippen LogP contribution in [0.2, 0.25) is 0 Å². The summed E-state index contributed by atoms with van der Waals surface area (Å²) in [4.78, 5) is 16.0. The van der Waals surface area contributed by atoms with E-state index in [4.69, 9.17) is 4.74 Å². The van der Waals surface area contributed by atoms with Crippen LogP contribution < -0.4 is 10.3 Å². The monoisotopic (exact) mass is 408 g/mol. The van der Waals surface area contributed by atoms with E-state index in [1.807, 2.05) is 6.21 Å². The van der Waals surface area contributed by atoms with Gasteiger partial charge in [0.15, 0.2) is 5.82 Å². The summed E-state index contributed by atoms with van der Waals surface area (Å²) in [6.07, 6.45) is 4.48. The van der Waals surface area contributed by atoms with Gasteiger partial charge < -0.3 is 14.5 Å². The number of fused-ring (bicyclic) bond motifs is 3.